The van der Waals surface area contributed by atoms with Gasteiger partial charge in [0.15, 0.2) is 5.82 Å². The van der Waals surface area contributed by atoms with Crippen molar-refractivity contribution in [3.63, 3.8) is 0 Å². The third kappa shape index (κ3) is 4.22. The molecule has 1 heterocycles. The summed E-state index contributed by atoms with van der Waals surface area (Å²) >= 11 is 0. The quantitative estimate of drug-likeness (QED) is 0.224. The molecular formula is C40H26N2. The van der Waals surface area contributed by atoms with Crippen LogP contribution < -0.4 is 0 Å². The van der Waals surface area contributed by atoms with E-state index in [1.54, 1.807) is 0 Å². The Morgan fingerprint density at radius 2 is 0.762 bits per heavy atom. The first-order chi connectivity index (χ1) is 20.8. The third-order valence-electron chi connectivity index (χ3n) is 8.11. The molecule has 0 N–H and O–H groups in total. The smallest absolute Gasteiger partial charge is 0.160 e. The van der Waals surface area contributed by atoms with E-state index < -0.39 is 0 Å². The average Bonchev–Trinajstić information content (AvgIpc) is 3.07. The highest BCUT2D eigenvalue weighted by Crippen LogP contribution is 2.34. The van der Waals surface area contributed by atoms with Gasteiger partial charge in [-0.2, -0.15) is 0 Å². The number of hydrogen-bond acceptors (Lipinski definition) is 2. The highest BCUT2D eigenvalue weighted by Gasteiger charge is 2.13. The summed E-state index contributed by atoms with van der Waals surface area (Å²) in [4.78, 5) is 10.1. The topological polar surface area (TPSA) is 25.8 Å². The molecule has 0 atom stereocenters. The lowest BCUT2D eigenvalue weighted by Crippen LogP contribution is -1.95. The lowest BCUT2D eigenvalue weighted by molar-refractivity contribution is 1.23. The SMILES string of the molecule is c1ccc2c(-c3ccc(-c4nc(-c5ccc(-c6cccc7ccccc67)cc5)c5ccccc5n4)cc3)cccc2c1. The van der Waals surface area contributed by atoms with Crippen LogP contribution in [0.15, 0.2) is 158 Å². The molecular weight excluding hydrogens is 508 g/mol. The maximum atomic E-state index is 5.13. The molecule has 1 aromatic heterocycles. The standard InChI is InChI=1S/C40H26N2/c1-3-13-33-27(9-1)11-7-16-35(33)29-19-23-31(24-20-29)39-37-15-5-6-18-38(37)41-40(42-39)32-25-21-30(22-26-32)36-17-8-12-28-10-2-4-14-34(28)36/h1-26H. The summed E-state index contributed by atoms with van der Waals surface area (Å²) in [5.41, 5.74) is 8.79. The predicted octanol–water partition coefficient (Wildman–Crippen LogP) is 10.6. The number of benzene rings is 7. The van der Waals surface area contributed by atoms with Gasteiger partial charge in [-0.3, -0.25) is 0 Å². The Balaban J connectivity index is 1.20. The average molecular weight is 535 g/mol. The van der Waals surface area contributed by atoms with Crippen molar-refractivity contribution >= 4 is 32.4 Å². The summed E-state index contributed by atoms with van der Waals surface area (Å²) in [5.74, 6) is 0.728. The molecule has 0 saturated carbocycles. The van der Waals surface area contributed by atoms with Crippen LogP contribution in [0, 0.1) is 0 Å². The Morgan fingerprint density at radius 1 is 0.310 bits per heavy atom. The number of rotatable bonds is 4. The summed E-state index contributed by atoms with van der Waals surface area (Å²) < 4.78 is 0. The van der Waals surface area contributed by atoms with Crippen molar-refractivity contribution in [1.82, 2.24) is 9.97 Å². The zero-order valence-electron chi connectivity index (χ0n) is 22.9. The largest absolute Gasteiger partial charge is 0.228 e. The van der Waals surface area contributed by atoms with Gasteiger partial charge in [0.05, 0.1) is 11.2 Å². The van der Waals surface area contributed by atoms with Crippen molar-refractivity contribution in [2.75, 3.05) is 0 Å². The Hall–Kier alpha value is -5.60. The first-order valence-corrected chi connectivity index (χ1v) is 14.3. The Labute approximate surface area is 244 Å². The zero-order valence-corrected chi connectivity index (χ0v) is 22.9. The fourth-order valence-corrected chi connectivity index (χ4v) is 5.99. The van der Waals surface area contributed by atoms with Crippen LogP contribution in [-0.2, 0) is 0 Å². The zero-order chi connectivity index (χ0) is 27.9. The summed E-state index contributed by atoms with van der Waals surface area (Å²) in [6.07, 6.45) is 0. The van der Waals surface area contributed by atoms with E-state index in [0.717, 1.165) is 33.5 Å². The minimum absolute atomic E-state index is 0.728. The maximum Gasteiger partial charge on any atom is 0.160 e. The van der Waals surface area contributed by atoms with Crippen molar-refractivity contribution in [3.8, 4) is 44.9 Å². The lowest BCUT2D eigenvalue weighted by atomic mass is 9.96. The molecule has 0 radical (unpaired) electrons. The molecule has 0 fully saturated rings. The molecule has 0 aliphatic heterocycles. The minimum Gasteiger partial charge on any atom is -0.228 e. The highest BCUT2D eigenvalue weighted by atomic mass is 14.9. The molecule has 2 nitrogen and oxygen atoms in total. The second-order valence-electron chi connectivity index (χ2n) is 10.6. The van der Waals surface area contributed by atoms with E-state index in [9.17, 15) is 0 Å². The van der Waals surface area contributed by atoms with Crippen LogP contribution in [0.2, 0.25) is 0 Å². The molecule has 0 amide bonds. The van der Waals surface area contributed by atoms with Crippen LogP contribution in [0.4, 0.5) is 0 Å². The first kappa shape index (κ1) is 24.2. The minimum atomic E-state index is 0.728. The van der Waals surface area contributed by atoms with Gasteiger partial charge in [0.1, 0.15) is 0 Å². The lowest BCUT2D eigenvalue weighted by Gasteiger charge is -2.12. The van der Waals surface area contributed by atoms with Crippen molar-refractivity contribution in [3.05, 3.63) is 158 Å². The highest BCUT2D eigenvalue weighted by molar-refractivity contribution is 5.99. The van der Waals surface area contributed by atoms with Crippen LogP contribution in [0.1, 0.15) is 0 Å². The van der Waals surface area contributed by atoms with E-state index in [1.165, 1.54) is 43.8 Å². The summed E-state index contributed by atoms with van der Waals surface area (Å²) in [7, 11) is 0. The van der Waals surface area contributed by atoms with Crippen LogP contribution in [-0.4, -0.2) is 9.97 Å². The van der Waals surface area contributed by atoms with Crippen LogP contribution in [0.5, 0.6) is 0 Å². The van der Waals surface area contributed by atoms with Gasteiger partial charge in [-0.05, 0) is 49.9 Å². The number of nitrogens with zero attached hydrogens (tertiary/aromatic N) is 2. The van der Waals surface area contributed by atoms with Crippen molar-refractivity contribution in [2.24, 2.45) is 0 Å². The number of para-hydroxylation sites is 1. The molecule has 8 rings (SSSR count). The molecule has 2 heteroatoms. The summed E-state index contributed by atoms with van der Waals surface area (Å²) in [6, 6.07) is 55.7. The van der Waals surface area contributed by atoms with E-state index in [4.69, 9.17) is 9.97 Å². The summed E-state index contributed by atoms with van der Waals surface area (Å²) in [6.45, 7) is 0. The molecule has 7 aromatic carbocycles. The molecule has 0 spiro atoms. The normalized spacial score (nSPS) is 11.3. The monoisotopic (exact) mass is 534 g/mol. The maximum absolute atomic E-state index is 5.13. The summed E-state index contributed by atoms with van der Waals surface area (Å²) in [5, 5.41) is 6.05. The molecule has 0 aliphatic carbocycles. The van der Waals surface area contributed by atoms with E-state index >= 15 is 0 Å². The Kier molecular flexibility index (Phi) is 5.82. The Morgan fingerprint density at radius 3 is 1.36 bits per heavy atom. The third-order valence-corrected chi connectivity index (χ3v) is 8.11. The molecule has 0 unspecified atom stereocenters. The van der Waals surface area contributed by atoms with Gasteiger partial charge in [-0.1, -0.05) is 152 Å². The second-order valence-corrected chi connectivity index (χ2v) is 10.6. The van der Waals surface area contributed by atoms with Gasteiger partial charge in [-0.15, -0.1) is 0 Å². The number of hydrogen-bond donors (Lipinski definition) is 0. The second kappa shape index (κ2) is 10.1. The van der Waals surface area contributed by atoms with E-state index in [1.807, 2.05) is 6.07 Å². The predicted molar refractivity (Wildman–Crippen MR) is 176 cm³/mol. The first-order valence-electron chi connectivity index (χ1n) is 14.3. The van der Waals surface area contributed by atoms with Crippen molar-refractivity contribution in [2.45, 2.75) is 0 Å². The van der Waals surface area contributed by atoms with Gasteiger partial charge < -0.3 is 0 Å². The van der Waals surface area contributed by atoms with Gasteiger partial charge >= 0.3 is 0 Å². The molecule has 0 saturated heterocycles. The van der Waals surface area contributed by atoms with Crippen molar-refractivity contribution < 1.29 is 0 Å². The van der Waals surface area contributed by atoms with E-state index in [-0.39, 0.29) is 0 Å². The number of aromatic nitrogens is 2. The van der Waals surface area contributed by atoms with Crippen LogP contribution >= 0.6 is 0 Å². The van der Waals surface area contributed by atoms with Gasteiger partial charge in [0, 0.05) is 16.5 Å². The van der Waals surface area contributed by atoms with E-state index in [0.29, 0.717) is 0 Å². The van der Waals surface area contributed by atoms with E-state index in [2.05, 4.69) is 152 Å². The van der Waals surface area contributed by atoms with Gasteiger partial charge in [0.2, 0.25) is 0 Å². The fourth-order valence-electron chi connectivity index (χ4n) is 5.99. The molecule has 0 aliphatic rings. The van der Waals surface area contributed by atoms with Crippen molar-refractivity contribution in [1.29, 1.82) is 0 Å². The molecule has 8 aromatic rings. The van der Waals surface area contributed by atoms with Crippen LogP contribution in [0.25, 0.3) is 77.3 Å². The number of fused-ring (bicyclic) bond motifs is 3. The Bertz CT molecular complexity index is 2220. The van der Waals surface area contributed by atoms with Gasteiger partial charge in [0.25, 0.3) is 0 Å². The fraction of sp³-hybridized carbons (Fsp3) is 0. The molecule has 0 bridgehead atoms. The van der Waals surface area contributed by atoms with Crippen LogP contribution in [0.3, 0.4) is 0 Å². The molecule has 42 heavy (non-hydrogen) atoms. The molecule has 196 valence electrons. The van der Waals surface area contributed by atoms with Gasteiger partial charge in [-0.25, -0.2) is 9.97 Å².